The lowest BCUT2D eigenvalue weighted by molar-refractivity contribution is -0.113. The number of amides is 1. The largest absolute Gasteiger partial charge is 0.325 e. The number of sulfonamides is 1. The number of para-hydroxylation sites is 1. The monoisotopic (exact) mass is 457 g/mol. The molecular formula is C21H23N5O3S2. The standard InChI is InChI=1S/C21H23N5O3S2/c1-16-23-24-21(26(16)18-7-3-2-4-8-18)30-15-20(27)22-17-9-11-19(12-10-17)31(28,29)25-13-5-6-14-25/h2-4,7-12H,5-6,13-15H2,1H3,(H,22,27). The van der Waals surface area contributed by atoms with Crippen LogP contribution in [0.15, 0.2) is 64.6 Å². The summed E-state index contributed by atoms with van der Waals surface area (Å²) in [5.74, 6) is 0.683. The van der Waals surface area contributed by atoms with Crippen LogP contribution in [0.1, 0.15) is 18.7 Å². The fraction of sp³-hybridized carbons (Fsp3) is 0.286. The van der Waals surface area contributed by atoms with Gasteiger partial charge in [-0.2, -0.15) is 4.31 Å². The predicted octanol–water partition coefficient (Wildman–Crippen LogP) is 3.09. The van der Waals surface area contributed by atoms with Crippen LogP contribution in [0.5, 0.6) is 0 Å². The molecule has 2 aromatic carbocycles. The Bertz CT molecular complexity index is 1160. The van der Waals surface area contributed by atoms with Gasteiger partial charge < -0.3 is 5.32 Å². The van der Waals surface area contributed by atoms with Crippen LogP contribution in [0.3, 0.4) is 0 Å². The minimum atomic E-state index is -3.46. The predicted molar refractivity (Wildman–Crippen MR) is 120 cm³/mol. The molecule has 2 heterocycles. The van der Waals surface area contributed by atoms with Crippen molar-refractivity contribution in [2.45, 2.75) is 29.8 Å². The molecule has 1 fully saturated rings. The third-order valence-corrected chi connectivity index (χ3v) is 7.82. The molecule has 3 aromatic rings. The number of thioether (sulfide) groups is 1. The van der Waals surface area contributed by atoms with Gasteiger partial charge in [-0.05, 0) is 56.2 Å². The van der Waals surface area contributed by atoms with Crippen molar-refractivity contribution in [3.8, 4) is 5.69 Å². The Balaban J connectivity index is 1.38. The lowest BCUT2D eigenvalue weighted by Crippen LogP contribution is -2.27. The van der Waals surface area contributed by atoms with Crippen LogP contribution >= 0.6 is 11.8 Å². The minimum Gasteiger partial charge on any atom is -0.325 e. The molecule has 1 N–H and O–H groups in total. The van der Waals surface area contributed by atoms with Crippen molar-refractivity contribution in [1.82, 2.24) is 19.1 Å². The van der Waals surface area contributed by atoms with Crippen molar-refractivity contribution >= 4 is 33.4 Å². The second-order valence-electron chi connectivity index (χ2n) is 7.17. The molecule has 1 aliphatic heterocycles. The second kappa shape index (κ2) is 9.21. The van der Waals surface area contributed by atoms with E-state index in [4.69, 9.17) is 0 Å². The van der Waals surface area contributed by atoms with E-state index in [-0.39, 0.29) is 16.6 Å². The number of aromatic nitrogens is 3. The molecule has 1 aromatic heterocycles. The van der Waals surface area contributed by atoms with Gasteiger partial charge in [0.25, 0.3) is 0 Å². The Morgan fingerprint density at radius 2 is 1.71 bits per heavy atom. The van der Waals surface area contributed by atoms with Crippen LogP contribution in [0.4, 0.5) is 5.69 Å². The Morgan fingerprint density at radius 1 is 1.03 bits per heavy atom. The van der Waals surface area contributed by atoms with Crippen molar-refractivity contribution in [2.24, 2.45) is 0 Å². The molecule has 1 saturated heterocycles. The zero-order valence-corrected chi connectivity index (χ0v) is 18.7. The molecule has 10 heteroatoms. The maximum atomic E-state index is 12.6. The first-order valence-electron chi connectivity index (χ1n) is 9.95. The molecule has 0 aliphatic carbocycles. The van der Waals surface area contributed by atoms with Crippen LogP contribution in [-0.4, -0.2) is 52.2 Å². The summed E-state index contributed by atoms with van der Waals surface area (Å²) in [6.45, 7) is 2.98. The van der Waals surface area contributed by atoms with Gasteiger partial charge in [0.1, 0.15) is 5.82 Å². The molecule has 0 bridgehead atoms. The van der Waals surface area contributed by atoms with Crippen LogP contribution in [-0.2, 0) is 14.8 Å². The highest BCUT2D eigenvalue weighted by Crippen LogP contribution is 2.24. The number of anilines is 1. The zero-order valence-electron chi connectivity index (χ0n) is 17.1. The zero-order chi connectivity index (χ0) is 21.8. The summed E-state index contributed by atoms with van der Waals surface area (Å²) in [7, 11) is -3.46. The van der Waals surface area contributed by atoms with E-state index in [0.717, 1.165) is 24.4 Å². The first kappa shape index (κ1) is 21.5. The van der Waals surface area contributed by atoms with Gasteiger partial charge >= 0.3 is 0 Å². The number of carbonyl (C=O) groups is 1. The van der Waals surface area contributed by atoms with E-state index in [2.05, 4.69) is 15.5 Å². The van der Waals surface area contributed by atoms with Gasteiger partial charge in [-0.3, -0.25) is 9.36 Å². The smallest absolute Gasteiger partial charge is 0.243 e. The van der Waals surface area contributed by atoms with Gasteiger partial charge in [-0.25, -0.2) is 8.42 Å². The summed E-state index contributed by atoms with van der Waals surface area (Å²) in [5, 5.41) is 11.7. The fourth-order valence-corrected chi connectivity index (χ4v) is 5.74. The third-order valence-electron chi connectivity index (χ3n) is 4.98. The molecule has 31 heavy (non-hydrogen) atoms. The van der Waals surface area contributed by atoms with Crippen molar-refractivity contribution in [2.75, 3.05) is 24.2 Å². The maximum Gasteiger partial charge on any atom is 0.243 e. The van der Waals surface area contributed by atoms with Crippen molar-refractivity contribution < 1.29 is 13.2 Å². The first-order valence-corrected chi connectivity index (χ1v) is 12.4. The van der Waals surface area contributed by atoms with Gasteiger partial charge in [-0.15, -0.1) is 10.2 Å². The third kappa shape index (κ3) is 4.81. The van der Waals surface area contributed by atoms with Gasteiger partial charge in [0, 0.05) is 24.5 Å². The van der Waals surface area contributed by atoms with E-state index in [1.165, 1.54) is 28.2 Å². The van der Waals surface area contributed by atoms with E-state index < -0.39 is 10.0 Å². The summed E-state index contributed by atoms with van der Waals surface area (Å²) in [4.78, 5) is 12.7. The van der Waals surface area contributed by atoms with E-state index in [0.29, 0.717) is 23.9 Å². The highest BCUT2D eigenvalue weighted by atomic mass is 32.2. The molecular weight excluding hydrogens is 434 g/mol. The average Bonchev–Trinajstić information content (AvgIpc) is 3.44. The normalized spacial score (nSPS) is 14.6. The lowest BCUT2D eigenvalue weighted by atomic mass is 10.3. The molecule has 1 aliphatic rings. The Hall–Kier alpha value is -2.69. The molecule has 162 valence electrons. The van der Waals surface area contributed by atoms with Crippen LogP contribution in [0, 0.1) is 6.92 Å². The second-order valence-corrected chi connectivity index (χ2v) is 10.1. The summed E-state index contributed by atoms with van der Waals surface area (Å²) >= 11 is 1.29. The summed E-state index contributed by atoms with van der Waals surface area (Å²) in [6, 6.07) is 16.0. The number of nitrogens with zero attached hydrogens (tertiary/aromatic N) is 4. The van der Waals surface area contributed by atoms with E-state index in [1.54, 1.807) is 12.1 Å². The van der Waals surface area contributed by atoms with E-state index >= 15 is 0 Å². The topological polar surface area (TPSA) is 97.2 Å². The van der Waals surface area contributed by atoms with Crippen molar-refractivity contribution in [3.63, 3.8) is 0 Å². The molecule has 0 saturated carbocycles. The van der Waals surface area contributed by atoms with Crippen molar-refractivity contribution in [3.05, 3.63) is 60.4 Å². The molecule has 0 unspecified atom stereocenters. The quantitative estimate of drug-likeness (QED) is 0.548. The highest BCUT2D eigenvalue weighted by molar-refractivity contribution is 7.99. The van der Waals surface area contributed by atoms with Crippen molar-refractivity contribution in [1.29, 1.82) is 0 Å². The summed E-state index contributed by atoms with van der Waals surface area (Å²) in [6.07, 6.45) is 1.78. The molecule has 0 spiro atoms. The van der Waals surface area contributed by atoms with Gasteiger partial charge in [0.15, 0.2) is 5.16 Å². The number of carbonyl (C=O) groups excluding carboxylic acids is 1. The Morgan fingerprint density at radius 3 is 2.39 bits per heavy atom. The number of nitrogens with one attached hydrogen (secondary N) is 1. The lowest BCUT2D eigenvalue weighted by Gasteiger charge is -2.15. The van der Waals surface area contributed by atoms with E-state index in [9.17, 15) is 13.2 Å². The Labute approximate surface area is 185 Å². The SMILES string of the molecule is Cc1nnc(SCC(=O)Nc2ccc(S(=O)(=O)N3CCCC3)cc2)n1-c1ccccc1. The minimum absolute atomic E-state index is 0.152. The van der Waals surface area contributed by atoms with Gasteiger partial charge in [0.2, 0.25) is 15.9 Å². The van der Waals surface area contributed by atoms with Gasteiger partial charge in [0.05, 0.1) is 10.6 Å². The number of hydrogen-bond acceptors (Lipinski definition) is 6. The fourth-order valence-electron chi connectivity index (χ4n) is 3.43. The number of hydrogen-bond donors (Lipinski definition) is 1. The highest BCUT2D eigenvalue weighted by Gasteiger charge is 2.27. The number of rotatable bonds is 7. The van der Waals surface area contributed by atoms with Crippen LogP contribution in [0.2, 0.25) is 0 Å². The molecule has 4 rings (SSSR count). The molecule has 1 amide bonds. The molecule has 0 atom stereocenters. The number of aryl methyl sites for hydroxylation is 1. The summed E-state index contributed by atoms with van der Waals surface area (Å²) < 4.78 is 28.6. The maximum absolute atomic E-state index is 12.6. The average molecular weight is 458 g/mol. The van der Waals surface area contributed by atoms with Crippen LogP contribution in [0.25, 0.3) is 5.69 Å². The first-order chi connectivity index (χ1) is 14.9. The summed E-state index contributed by atoms with van der Waals surface area (Å²) in [5.41, 5.74) is 1.48. The molecule has 0 radical (unpaired) electrons. The molecule has 8 nitrogen and oxygen atoms in total. The van der Waals surface area contributed by atoms with Gasteiger partial charge in [-0.1, -0.05) is 30.0 Å². The van der Waals surface area contributed by atoms with E-state index in [1.807, 2.05) is 41.8 Å². The van der Waals surface area contributed by atoms with Crippen LogP contribution < -0.4 is 5.32 Å². The Kier molecular flexibility index (Phi) is 6.40. The number of benzene rings is 2.